The first-order valence-electron chi connectivity index (χ1n) is 7.60. The molecule has 0 bridgehead atoms. The molecule has 0 spiro atoms. The summed E-state index contributed by atoms with van der Waals surface area (Å²) in [5.41, 5.74) is 1.60. The zero-order chi connectivity index (χ0) is 18.6. The number of thiophene rings is 1. The van der Waals surface area contributed by atoms with Crippen LogP contribution in [-0.2, 0) is 16.0 Å². The molecule has 130 valence electrons. The van der Waals surface area contributed by atoms with E-state index in [4.69, 9.17) is 16.3 Å². The highest BCUT2D eigenvalue weighted by atomic mass is 35.5. The first kappa shape index (κ1) is 19.0. The standard InChI is InChI=1S/C18H17ClN2O3S/c1-10(2)24-18(23)16-11(3)14(9-20)17(25-16)21-15(22)8-12-4-6-13(19)7-5-12/h4-7,10H,8H2,1-3H3,(H,21,22). The van der Waals surface area contributed by atoms with Gasteiger partial charge in [0.25, 0.3) is 0 Å². The smallest absolute Gasteiger partial charge is 0.348 e. The first-order valence-corrected chi connectivity index (χ1v) is 8.80. The lowest BCUT2D eigenvalue weighted by molar-refractivity contribution is -0.115. The van der Waals surface area contributed by atoms with E-state index in [9.17, 15) is 14.9 Å². The second-order valence-corrected chi connectivity index (χ2v) is 7.13. The zero-order valence-electron chi connectivity index (χ0n) is 14.1. The van der Waals surface area contributed by atoms with Crippen molar-refractivity contribution in [1.82, 2.24) is 0 Å². The van der Waals surface area contributed by atoms with Gasteiger partial charge in [0.1, 0.15) is 15.9 Å². The molecule has 7 heteroatoms. The number of amides is 1. The summed E-state index contributed by atoms with van der Waals surface area (Å²) < 4.78 is 5.18. The van der Waals surface area contributed by atoms with Crippen LogP contribution < -0.4 is 5.32 Å². The van der Waals surface area contributed by atoms with Crippen LogP contribution in [0.2, 0.25) is 5.02 Å². The summed E-state index contributed by atoms with van der Waals surface area (Å²) in [5, 5.41) is 13.0. The third-order valence-electron chi connectivity index (χ3n) is 3.32. The number of ether oxygens (including phenoxy) is 1. The molecule has 1 amide bonds. The molecule has 0 saturated carbocycles. The molecule has 1 heterocycles. The number of esters is 1. The van der Waals surface area contributed by atoms with Gasteiger partial charge in [0.05, 0.1) is 18.1 Å². The minimum atomic E-state index is -0.493. The molecule has 2 aromatic rings. The molecule has 0 unspecified atom stereocenters. The van der Waals surface area contributed by atoms with Crippen LogP contribution in [0.1, 0.15) is 40.2 Å². The lowest BCUT2D eigenvalue weighted by atomic mass is 10.1. The van der Waals surface area contributed by atoms with Crippen molar-refractivity contribution in [3.8, 4) is 6.07 Å². The number of nitriles is 1. The summed E-state index contributed by atoms with van der Waals surface area (Å²) in [6, 6.07) is 8.98. The number of benzene rings is 1. The van der Waals surface area contributed by atoms with Crippen LogP contribution in [0.3, 0.4) is 0 Å². The summed E-state index contributed by atoms with van der Waals surface area (Å²) in [6.45, 7) is 5.17. The van der Waals surface area contributed by atoms with E-state index in [-0.39, 0.29) is 24.0 Å². The van der Waals surface area contributed by atoms with E-state index in [1.807, 2.05) is 6.07 Å². The van der Waals surface area contributed by atoms with Gasteiger partial charge in [-0.05, 0) is 44.0 Å². The van der Waals surface area contributed by atoms with Crippen molar-refractivity contribution in [2.45, 2.75) is 33.3 Å². The number of nitrogens with one attached hydrogen (secondary N) is 1. The Morgan fingerprint density at radius 3 is 2.52 bits per heavy atom. The number of hydrogen-bond donors (Lipinski definition) is 1. The van der Waals surface area contributed by atoms with Crippen LogP contribution in [0, 0.1) is 18.3 Å². The number of halogens is 1. The van der Waals surface area contributed by atoms with Gasteiger partial charge in [-0.2, -0.15) is 5.26 Å². The Labute approximate surface area is 155 Å². The van der Waals surface area contributed by atoms with E-state index in [2.05, 4.69) is 5.32 Å². The van der Waals surface area contributed by atoms with Crippen molar-refractivity contribution >= 4 is 39.8 Å². The topological polar surface area (TPSA) is 79.2 Å². The summed E-state index contributed by atoms with van der Waals surface area (Å²) in [7, 11) is 0. The quantitative estimate of drug-likeness (QED) is 0.788. The van der Waals surface area contributed by atoms with Gasteiger partial charge in [-0.3, -0.25) is 4.79 Å². The zero-order valence-corrected chi connectivity index (χ0v) is 15.6. The van der Waals surface area contributed by atoms with Gasteiger partial charge in [0, 0.05) is 5.02 Å². The predicted octanol–water partition coefficient (Wildman–Crippen LogP) is 4.33. The van der Waals surface area contributed by atoms with E-state index in [1.165, 1.54) is 0 Å². The molecule has 2 rings (SSSR count). The monoisotopic (exact) mass is 376 g/mol. The first-order chi connectivity index (χ1) is 11.8. The molecule has 0 atom stereocenters. The van der Waals surface area contributed by atoms with Crippen molar-refractivity contribution in [2.24, 2.45) is 0 Å². The van der Waals surface area contributed by atoms with E-state index >= 15 is 0 Å². The number of hydrogen-bond acceptors (Lipinski definition) is 5. The van der Waals surface area contributed by atoms with E-state index in [0.717, 1.165) is 16.9 Å². The fourth-order valence-electron chi connectivity index (χ4n) is 2.16. The normalized spacial score (nSPS) is 10.4. The Morgan fingerprint density at radius 2 is 1.96 bits per heavy atom. The Kier molecular flexibility index (Phi) is 6.18. The summed E-state index contributed by atoms with van der Waals surface area (Å²) in [6.07, 6.45) is -0.118. The molecule has 1 N–H and O–H groups in total. The summed E-state index contributed by atoms with van der Waals surface area (Å²) in [5.74, 6) is -0.768. The van der Waals surface area contributed by atoms with Crippen molar-refractivity contribution < 1.29 is 14.3 Å². The fourth-order valence-corrected chi connectivity index (χ4v) is 3.34. The third kappa shape index (κ3) is 4.81. The minimum absolute atomic E-state index is 0.144. The predicted molar refractivity (Wildman–Crippen MR) is 98.1 cm³/mol. The van der Waals surface area contributed by atoms with Gasteiger partial charge in [-0.15, -0.1) is 11.3 Å². The van der Waals surface area contributed by atoms with Crippen LogP contribution >= 0.6 is 22.9 Å². The molecule has 0 aliphatic heterocycles. The number of rotatable bonds is 5. The maximum Gasteiger partial charge on any atom is 0.348 e. The van der Waals surface area contributed by atoms with E-state index in [1.54, 1.807) is 45.0 Å². The van der Waals surface area contributed by atoms with Gasteiger partial charge >= 0.3 is 5.97 Å². The summed E-state index contributed by atoms with van der Waals surface area (Å²) in [4.78, 5) is 24.7. The minimum Gasteiger partial charge on any atom is -0.459 e. The summed E-state index contributed by atoms with van der Waals surface area (Å²) >= 11 is 6.88. The Bertz CT molecular complexity index is 835. The van der Waals surface area contributed by atoms with Gasteiger partial charge in [0.15, 0.2) is 0 Å². The SMILES string of the molecule is Cc1c(C(=O)OC(C)C)sc(NC(=O)Cc2ccc(Cl)cc2)c1C#N. The van der Waals surface area contributed by atoms with E-state index in [0.29, 0.717) is 20.5 Å². The molecule has 0 radical (unpaired) electrons. The number of anilines is 1. The molecule has 0 aliphatic carbocycles. The Balaban J connectivity index is 2.18. The molecule has 0 aliphatic rings. The highest BCUT2D eigenvalue weighted by Gasteiger charge is 2.23. The Hall–Kier alpha value is -2.36. The lowest BCUT2D eigenvalue weighted by Gasteiger charge is -2.06. The average molecular weight is 377 g/mol. The molecule has 0 saturated heterocycles. The molecule has 0 fully saturated rings. The van der Waals surface area contributed by atoms with Gasteiger partial charge < -0.3 is 10.1 Å². The molecule has 5 nitrogen and oxygen atoms in total. The molecule has 1 aromatic heterocycles. The van der Waals surface area contributed by atoms with Crippen molar-refractivity contribution in [3.63, 3.8) is 0 Å². The van der Waals surface area contributed by atoms with Gasteiger partial charge in [-0.25, -0.2) is 4.79 Å². The molecular formula is C18H17ClN2O3S. The maximum atomic E-state index is 12.2. The van der Waals surface area contributed by atoms with Crippen LogP contribution in [0.15, 0.2) is 24.3 Å². The van der Waals surface area contributed by atoms with Crippen LogP contribution in [-0.4, -0.2) is 18.0 Å². The van der Waals surface area contributed by atoms with Gasteiger partial charge in [-0.1, -0.05) is 23.7 Å². The average Bonchev–Trinajstić information content (AvgIpc) is 2.84. The Morgan fingerprint density at radius 1 is 1.32 bits per heavy atom. The van der Waals surface area contributed by atoms with E-state index < -0.39 is 5.97 Å². The second-order valence-electron chi connectivity index (χ2n) is 5.68. The number of carbonyl (C=O) groups excluding carboxylic acids is 2. The van der Waals surface area contributed by atoms with Crippen molar-refractivity contribution in [2.75, 3.05) is 5.32 Å². The number of nitrogens with zero attached hydrogens (tertiary/aromatic N) is 1. The maximum absolute atomic E-state index is 12.2. The fraction of sp³-hybridized carbons (Fsp3) is 0.278. The third-order valence-corrected chi connectivity index (χ3v) is 4.76. The molecule has 25 heavy (non-hydrogen) atoms. The highest BCUT2D eigenvalue weighted by Crippen LogP contribution is 2.33. The van der Waals surface area contributed by atoms with Crippen molar-refractivity contribution in [3.05, 3.63) is 50.9 Å². The van der Waals surface area contributed by atoms with Gasteiger partial charge in [0.2, 0.25) is 5.91 Å². The second kappa shape index (κ2) is 8.15. The largest absolute Gasteiger partial charge is 0.459 e. The molecule has 1 aromatic carbocycles. The number of carbonyl (C=O) groups is 2. The van der Waals surface area contributed by atoms with Crippen LogP contribution in [0.25, 0.3) is 0 Å². The van der Waals surface area contributed by atoms with Crippen LogP contribution in [0.4, 0.5) is 5.00 Å². The van der Waals surface area contributed by atoms with Crippen LogP contribution in [0.5, 0.6) is 0 Å². The van der Waals surface area contributed by atoms with Crippen molar-refractivity contribution in [1.29, 1.82) is 5.26 Å². The molecular weight excluding hydrogens is 360 g/mol. The highest BCUT2D eigenvalue weighted by molar-refractivity contribution is 7.18. The lowest BCUT2D eigenvalue weighted by Crippen LogP contribution is -2.14.